The van der Waals surface area contributed by atoms with E-state index in [-0.39, 0.29) is 18.1 Å². The lowest BCUT2D eigenvalue weighted by molar-refractivity contribution is -0.384. The van der Waals surface area contributed by atoms with Gasteiger partial charge in [0, 0.05) is 28.5 Å². The lowest BCUT2D eigenvalue weighted by Crippen LogP contribution is -2.22. The van der Waals surface area contributed by atoms with Gasteiger partial charge in [-0.2, -0.15) is 0 Å². The molecule has 0 saturated carbocycles. The third kappa shape index (κ3) is 4.20. The number of halogens is 1. The van der Waals surface area contributed by atoms with E-state index in [1.54, 1.807) is 12.1 Å². The highest BCUT2D eigenvalue weighted by atomic mass is 35.5. The molecule has 114 valence electrons. The van der Waals surface area contributed by atoms with E-state index in [1.165, 1.54) is 24.3 Å². The Hall–Kier alpha value is -2.60. The molecule has 0 saturated heterocycles. The maximum atomic E-state index is 11.9. The number of rotatable bonds is 5. The van der Waals surface area contributed by atoms with Gasteiger partial charge in [-0.25, -0.2) is 0 Å². The molecule has 2 N–H and O–H groups in total. The molecule has 0 bridgehead atoms. The van der Waals surface area contributed by atoms with Crippen molar-refractivity contribution in [1.82, 2.24) is 0 Å². The van der Waals surface area contributed by atoms with E-state index in [0.29, 0.717) is 10.7 Å². The van der Waals surface area contributed by atoms with E-state index >= 15 is 0 Å². The fraction of sp³-hybridized carbons (Fsp3) is 0.133. The number of hydrogen-bond acceptors (Lipinski definition) is 4. The number of carbonyl (C=O) groups excluding carboxylic acids is 1. The van der Waals surface area contributed by atoms with Gasteiger partial charge in [0.25, 0.3) is 5.69 Å². The molecule has 0 fully saturated rings. The lowest BCUT2D eigenvalue weighted by Gasteiger charge is -2.10. The minimum Gasteiger partial charge on any atom is -0.376 e. The first-order valence-electron chi connectivity index (χ1n) is 6.50. The first kappa shape index (κ1) is 15.8. The van der Waals surface area contributed by atoms with Crippen LogP contribution in [0.3, 0.4) is 0 Å². The fourth-order valence-corrected chi connectivity index (χ4v) is 2.00. The number of non-ortho nitro benzene ring substituents is 1. The SMILES string of the molecule is Cc1ccc(Cl)cc1NCC(=O)Nc1ccc([N+](=O)[O-])cc1. The standard InChI is InChI=1S/C15H14ClN3O3/c1-10-2-3-11(16)8-14(10)17-9-15(20)18-12-4-6-13(7-5-12)19(21)22/h2-8,17H,9H2,1H3,(H,18,20). The minimum atomic E-state index is -0.491. The summed E-state index contributed by atoms with van der Waals surface area (Å²) in [6.07, 6.45) is 0. The fourth-order valence-electron chi connectivity index (χ4n) is 1.83. The Morgan fingerprint density at radius 2 is 1.91 bits per heavy atom. The predicted molar refractivity (Wildman–Crippen MR) is 86.4 cm³/mol. The van der Waals surface area contributed by atoms with Crippen molar-refractivity contribution in [2.24, 2.45) is 0 Å². The Kier molecular flexibility index (Phi) is 4.95. The zero-order valence-corrected chi connectivity index (χ0v) is 12.6. The molecule has 7 heteroatoms. The number of carbonyl (C=O) groups is 1. The highest BCUT2D eigenvalue weighted by Gasteiger charge is 2.07. The quantitative estimate of drug-likeness (QED) is 0.651. The lowest BCUT2D eigenvalue weighted by atomic mass is 10.2. The highest BCUT2D eigenvalue weighted by Crippen LogP contribution is 2.20. The number of hydrogen-bond donors (Lipinski definition) is 2. The molecule has 2 aromatic rings. The summed E-state index contributed by atoms with van der Waals surface area (Å²) in [6.45, 7) is 1.98. The predicted octanol–water partition coefficient (Wildman–Crippen LogP) is 3.61. The molecule has 6 nitrogen and oxygen atoms in total. The van der Waals surface area contributed by atoms with Gasteiger partial charge in [-0.05, 0) is 36.8 Å². The molecule has 0 atom stereocenters. The Bertz CT molecular complexity index is 702. The number of aryl methyl sites for hydroxylation is 1. The summed E-state index contributed by atoms with van der Waals surface area (Å²) in [7, 11) is 0. The second kappa shape index (κ2) is 6.91. The van der Waals surface area contributed by atoms with Crippen molar-refractivity contribution in [2.45, 2.75) is 6.92 Å². The molecule has 0 aliphatic carbocycles. The van der Waals surface area contributed by atoms with Gasteiger partial charge < -0.3 is 10.6 Å². The molecule has 2 rings (SSSR count). The maximum absolute atomic E-state index is 11.9. The van der Waals surface area contributed by atoms with Crippen LogP contribution >= 0.6 is 11.6 Å². The van der Waals surface area contributed by atoms with Crippen molar-refractivity contribution in [3.8, 4) is 0 Å². The van der Waals surface area contributed by atoms with Gasteiger partial charge >= 0.3 is 0 Å². The second-order valence-corrected chi connectivity index (χ2v) is 5.10. The number of benzene rings is 2. The number of nitrogens with zero attached hydrogens (tertiary/aromatic N) is 1. The van der Waals surface area contributed by atoms with Crippen LogP contribution < -0.4 is 10.6 Å². The largest absolute Gasteiger partial charge is 0.376 e. The topological polar surface area (TPSA) is 84.3 Å². The summed E-state index contributed by atoms with van der Waals surface area (Å²) in [4.78, 5) is 21.9. The van der Waals surface area contributed by atoms with Crippen LogP contribution in [0, 0.1) is 17.0 Å². The van der Waals surface area contributed by atoms with Crippen molar-refractivity contribution < 1.29 is 9.72 Å². The third-order valence-corrected chi connectivity index (χ3v) is 3.24. The van der Waals surface area contributed by atoms with Crippen LogP contribution in [0.2, 0.25) is 5.02 Å². The first-order valence-corrected chi connectivity index (χ1v) is 6.88. The molecule has 0 aliphatic heterocycles. The van der Waals surface area contributed by atoms with Crippen LogP contribution in [0.25, 0.3) is 0 Å². The number of nitro groups is 1. The van der Waals surface area contributed by atoms with Gasteiger partial charge in [0.15, 0.2) is 0 Å². The van der Waals surface area contributed by atoms with E-state index in [9.17, 15) is 14.9 Å². The second-order valence-electron chi connectivity index (χ2n) is 4.66. The van der Waals surface area contributed by atoms with Gasteiger partial charge in [0.05, 0.1) is 11.5 Å². The molecular weight excluding hydrogens is 306 g/mol. The molecular formula is C15H14ClN3O3. The van der Waals surface area contributed by atoms with Gasteiger partial charge in [0.1, 0.15) is 0 Å². The smallest absolute Gasteiger partial charge is 0.269 e. The zero-order chi connectivity index (χ0) is 16.1. The van der Waals surface area contributed by atoms with E-state index in [1.807, 2.05) is 13.0 Å². The van der Waals surface area contributed by atoms with E-state index in [4.69, 9.17) is 11.6 Å². The highest BCUT2D eigenvalue weighted by molar-refractivity contribution is 6.30. The average Bonchev–Trinajstić information content (AvgIpc) is 2.49. The molecule has 2 aromatic carbocycles. The molecule has 0 aliphatic rings. The number of anilines is 2. The Morgan fingerprint density at radius 1 is 1.23 bits per heavy atom. The average molecular weight is 320 g/mol. The molecule has 0 heterocycles. The molecule has 22 heavy (non-hydrogen) atoms. The number of amides is 1. The molecule has 0 spiro atoms. The van der Waals surface area contributed by atoms with Crippen LogP contribution in [0.4, 0.5) is 17.1 Å². The normalized spacial score (nSPS) is 10.1. The van der Waals surface area contributed by atoms with E-state index in [0.717, 1.165) is 11.3 Å². The van der Waals surface area contributed by atoms with E-state index < -0.39 is 4.92 Å². The van der Waals surface area contributed by atoms with Crippen molar-refractivity contribution >= 4 is 34.6 Å². The van der Waals surface area contributed by atoms with Gasteiger partial charge in [-0.1, -0.05) is 17.7 Å². The van der Waals surface area contributed by atoms with Crippen molar-refractivity contribution in [3.63, 3.8) is 0 Å². The molecule has 0 radical (unpaired) electrons. The molecule has 0 unspecified atom stereocenters. The van der Waals surface area contributed by atoms with Crippen LogP contribution in [-0.4, -0.2) is 17.4 Å². The third-order valence-electron chi connectivity index (χ3n) is 3.00. The summed E-state index contributed by atoms with van der Waals surface area (Å²) in [5.41, 5.74) is 2.24. The van der Waals surface area contributed by atoms with Crippen LogP contribution in [0.15, 0.2) is 42.5 Å². The summed E-state index contributed by atoms with van der Waals surface area (Å²) >= 11 is 5.91. The van der Waals surface area contributed by atoms with E-state index in [2.05, 4.69) is 10.6 Å². The first-order chi connectivity index (χ1) is 10.5. The molecule has 1 amide bonds. The molecule has 0 aromatic heterocycles. The van der Waals surface area contributed by atoms with Crippen molar-refractivity contribution in [2.75, 3.05) is 17.2 Å². The van der Waals surface area contributed by atoms with Crippen molar-refractivity contribution in [3.05, 3.63) is 63.2 Å². The number of nitrogens with one attached hydrogen (secondary N) is 2. The van der Waals surface area contributed by atoms with Gasteiger partial charge in [0.2, 0.25) is 5.91 Å². The summed E-state index contributed by atoms with van der Waals surface area (Å²) in [6, 6.07) is 11.0. The monoisotopic (exact) mass is 319 g/mol. The van der Waals surface area contributed by atoms with Crippen LogP contribution in [-0.2, 0) is 4.79 Å². The Balaban J connectivity index is 1.92. The summed E-state index contributed by atoms with van der Waals surface area (Å²) < 4.78 is 0. The number of nitro benzene ring substituents is 1. The van der Waals surface area contributed by atoms with Crippen molar-refractivity contribution in [1.29, 1.82) is 0 Å². The summed E-state index contributed by atoms with van der Waals surface area (Å²) in [5, 5.41) is 16.8. The van der Waals surface area contributed by atoms with Crippen LogP contribution in [0.1, 0.15) is 5.56 Å². The summed E-state index contributed by atoms with van der Waals surface area (Å²) in [5.74, 6) is -0.256. The Labute approximate surface area is 132 Å². The van der Waals surface area contributed by atoms with Gasteiger partial charge in [-0.3, -0.25) is 14.9 Å². The maximum Gasteiger partial charge on any atom is 0.269 e. The Morgan fingerprint density at radius 3 is 2.55 bits per heavy atom. The zero-order valence-electron chi connectivity index (χ0n) is 11.8. The van der Waals surface area contributed by atoms with Crippen LogP contribution in [0.5, 0.6) is 0 Å². The minimum absolute atomic E-state index is 0.0225. The van der Waals surface area contributed by atoms with Gasteiger partial charge in [-0.15, -0.1) is 0 Å².